The van der Waals surface area contributed by atoms with Crippen LogP contribution < -0.4 is 16.0 Å². The average molecular weight is 558 g/mol. The van der Waals surface area contributed by atoms with Gasteiger partial charge in [0.1, 0.15) is 11.5 Å². The molecule has 38 heavy (non-hydrogen) atoms. The maximum atomic E-state index is 13.3. The number of carbonyl (C=O) groups excluding carboxylic acids is 3. The van der Waals surface area contributed by atoms with Crippen molar-refractivity contribution in [1.29, 1.82) is 0 Å². The molecule has 0 bridgehead atoms. The Bertz CT molecular complexity index is 1220. The lowest BCUT2D eigenvalue weighted by Gasteiger charge is -2.37. The predicted molar refractivity (Wildman–Crippen MR) is 149 cm³/mol. The number of rotatable bonds is 5. The van der Waals surface area contributed by atoms with Crippen molar-refractivity contribution >= 4 is 52.3 Å². The van der Waals surface area contributed by atoms with Crippen molar-refractivity contribution < 1.29 is 14.4 Å². The van der Waals surface area contributed by atoms with Crippen LogP contribution in [-0.4, -0.2) is 82.2 Å². The quantitative estimate of drug-likeness (QED) is 0.478. The minimum atomic E-state index is -0.521. The number of thiocarbonyl (C=S) groups is 1. The van der Waals surface area contributed by atoms with Crippen molar-refractivity contribution in [2.45, 2.75) is 44.3 Å². The Morgan fingerprint density at radius 2 is 1.89 bits per heavy atom. The molecule has 2 aromatic rings. The largest absolute Gasteiger partial charge is 0.367 e. The van der Waals surface area contributed by atoms with Gasteiger partial charge in [0, 0.05) is 57.5 Å². The van der Waals surface area contributed by atoms with Gasteiger partial charge in [-0.1, -0.05) is 29.9 Å². The van der Waals surface area contributed by atoms with Gasteiger partial charge < -0.3 is 25.8 Å². The molecule has 2 aliphatic rings. The molecule has 0 saturated heterocycles. The van der Waals surface area contributed by atoms with Crippen LogP contribution in [-0.2, 0) is 22.6 Å². The van der Waals surface area contributed by atoms with Crippen molar-refractivity contribution in [3.05, 3.63) is 52.4 Å². The van der Waals surface area contributed by atoms with Gasteiger partial charge in [-0.15, -0.1) is 0 Å². The van der Waals surface area contributed by atoms with E-state index in [9.17, 15) is 14.4 Å². The van der Waals surface area contributed by atoms with Gasteiger partial charge >= 0.3 is 0 Å². The Morgan fingerprint density at radius 1 is 1.11 bits per heavy atom. The molecule has 3 amide bonds. The Labute approximate surface area is 232 Å². The Morgan fingerprint density at radius 3 is 2.61 bits per heavy atom. The summed E-state index contributed by atoms with van der Waals surface area (Å²) in [6, 6.07) is 6.10. The number of hydrogen-bond donors (Lipinski definition) is 3. The second-order valence-electron chi connectivity index (χ2n) is 10.0. The number of anilines is 1. The lowest BCUT2D eigenvalue weighted by atomic mass is 9.81. The number of nitrogens with zero attached hydrogens (tertiary/aromatic N) is 4. The van der Waals surface area contributed by atoms with E-state index in [4.69, 9.17) is 23.8 Å². The zero-order valence-electron chi connectivity index (χ0n) is 21.7. The highest BCUT2D eigenvalue weighted by Gasteiger charge is 2.36. The van der Waals surface area contributed by atoms with E-state index in [-0.39, 0.29) is 28.8 Å². The van der Waals surface area contributed by atoms with Crippen molar-refractivity contribution in [2.24, 2.45) is 5.92 Å². The fourth-order valence-corrected chi connectivity index (χ4v) is 5.19. The summed E-state index contributed by atoms with van der Waals surface area (Å²) in [5.41, 5.74) is 2.39. The molecule has 3 atom stereocenters. The molecule has 3 unspecified atom stereocenters. The monoisotopic (exact) mass is 557 g/mol. The molecule has 0 spiro atoms. The van der Waals surface area contributed by atoms with E-state index in [1.807, 2.05) is 6.07 Å². The molecule has 10 nitrogen and oxygen atoms in total. The van der Waals surface area contributed by atoms with E-state index in [1.165, 1.54) is 6.20 Å². The summed E-state index contributed by atoms with van der Waals surface area (Å²) in [6.07, 6.45) is 3.78. The molecule has 1 saturated carbocycles. The van der Waals surface area contributed by atoms with E-state index in [2.05, 4.69) is 37.9 Å². The van der Waals surface area contributed by atoms with Crippen LogP contribution in [0.25, 0.3) is 0 Å². The van der Waals surface area contributed by atoms with E-state index in [0.717, 1.165) is 30.8 Å². The van der Waals surface area contributed by atoms with Gasteiger partial charge in [0.15, 0.2) is 4.99 Å². The average Bonchev–Trinajstić information content (AvgIpc) is 2.89. The highest BCUT2D eigenvalue weighted by Crippen LogP contribution is 2.27. The van der Waals surface area contributed by atoms with E-state index < -0.39 is 11.9 Å². The smallest absolute Gasteiger partial charge is 0.284 e. The molecule has 12 heteroatoms. The SMILES string of the molecule is CN1CCc2nc(C(=O)NC3CC(C(=O)N(C)C)CCC3NC(=S)C(=O)Nc3ccc(Cl)cn3)ccc2C1. The zero-order valence-corrected chi connectivity index (χ0v) is 23.2. The van der Waals surface area contributed by atoms with Crippen molar-refractivity contribution in [2.75, 3.05) is 33.0 Å². The van der Waals surface area contributed by atoms with Crippen molar-refractivity contribution in [1.82, 2.24) is 30.4 Å². The molecule has 3 N–H and O–H groups in total. The lowest BCUT2D eigenvalue weighted by molar-refractivity contribution is -0.134. The lowest BCUT2D eigenvalue weighted by Crippen LogP contribution is -2.57. The van der Waals surface area contributed by atoms with Crippen LogP contribution in [0.15, 0.2) is 30.5 Å². The summed E-state index contributed by atoms with van der Waals surface area (Å²) in [6.45, 7) is 1.69. The molecule has 1 aliphatic heterocycles. The van der Waals surface area contributed by atoms with Gasteiger partial charge in [0.05, 0.1) is 11.1 Å². The molecule has 0 radical (unpaired) electrons. The highest BCUT2D eigenvalue weighted by atomic mass is 35.5. The number of amides is 3. The van der Waals surface area contributed by atoms with Crippen molar-refractivity contribution in [3.8, 4) is 0 Å². The molecule has 1 fully saturated rings. The molecular weight excluding hydrogens is 526 g/mol. The summed E-state index contributed by atoms with van der Waals surface area (Å²) in [4.78, 5) is 51.1. The van der Waals surface area contributed by atoms with E-state index in [0.29, 0.717) is 35.8 Å². The highest BCUT2D eigenvalue weighted by molar-refractivity contribution is 7.82. The Hall–Kier alpha value is -3.15. The standard InChI is InChI=1S/C26H32ClN7O3S/c1-33(2)26(37)15-4-7-19(31-25(38)24(36)32-22-9-6-17(27)13-28-22)21(12-15)30-23(35)20-8-5-16-14-34(3)11-10-18(16)29-20/h5-6,8-9,13,15,19,21H,4,7,10-12,14H2,1-3H3,(H,30,35)(H,31,38)(H,28,32,36). The van der Waals surface area contributed by atoms with Crippen LogP contribution in [0.1, 0.15) is 41.0 Å². The number of halogens is 1. The molecule has 1 aliphatic carbocycles. The summed E-state index contributed by atoms with van der Waals surface area (Å²) in [5.74, 6) is -0.762. The maximum absolute atomic E-state index is 13.3. The maximum Gasteiger partial charge on any atom is 0.284 e. The van der Waals surface area contributed by atoms with Crippen LogP contribution >= 0.6 is 23.8 Å². The van der Waals surface area contributed by atoms with Crippen molar-refractivity contribution in [3.63, 3.8) is 0 Å². The number of likely N-dealkylation sites (N-methyl/N-ethyl adjacent to an activating group) is 1. The topological polar surface area (TPSA) is 120 Å². The number of aromatic nitrogens is 2. The van der Waals surface area contributed by atoms with Gasteiger partial charge in [-0.2, -0.15) is 0 Å². The van der Waals surface area contributed by atoms with Gasteiger partial charge in [-0.25, -0.2) is 9.97 Å². The van der Waals surface area contributed by atoms with Gasteiger partial charge in [-0.3, -0.25) is 14.4 Å². The second-order valence-corrected chi connectivity index (χ2v) is 10.9. The number of pyridine rings is 2. The first-order valence-electron chi connectivity index (χ1n) is 12.5. The van der Waals surface area contributed by atoms with E-state index in [1.54, 1.807) is 37.2 Å². The third kappa shape index (κ3) is 6.83. The minimum Gasteiger partial charge on any atom is -0.367 e. The molecule has 4 rings (SSSR count). The summed E-state index contributed by atoms with van der Waals surface area (Å²) in [5, 5.41) is 9.25. The fraction of sp³-hybridized carbons (Fsp3) is 0.462. The number of carbonyl (C=O) groups is 3. The first-order valence-corrected chi connectivity index (χ1v) is 13.3. The normalized spacial score (nSPS) is 21.1. The first kappa shape index (κ1) is 27.9. The number of fused-ring (bicyclic) bond motifs is 1. The van der Waals surface area contributed by atoms with E-state index >= 15 is 0 Å². The molecule has 202 valence electrons. The van der Waals surface area contributed by atoms with Crippen LogP contribution in [0, 0.1) is 5.92 Å². The Kier molecular flexibility index (Phi) is 8.91. The van der Waals surface area contributed by atoms with Gasteiger partial charge in [-0.05, 0) is 50.1 Å². The zero-order chi connectivity index (χ0) is 27.4. The van der Waals surface area contributed by atoms with Gasteiger partial charge in [0.25, 0.3) is 11.8 Å². The third-order valence-corrected chi connectivity index (χ3v) is 7.45. The van der Waals surface area contributed by atoms with Crippen LogP contribution in [0.2, 0.25) is 5.02 Å². The van der Waals surface area contributed by atoms with Gasteiger partial charge in [0.2, 0.25) is 5.91 Å². The fourth-order valence-electron chi connectivity index (χ4n) is 4.88. The third-order valence-electron chi connectivity index (χ3n) is 6.92. The second kappa shape index (κ2) is 12.1. The van der Waals surface area contributed by atoms with Crippen LogP contribution in [0.4, 0.5) is 5.82 Å². The number of hydrogen-bond acceptors (Lipinski definition) is 7. The number of nitrogens with one attached hydrogen (secondary N) is 3. The Balaban J connectivity index is 1.46. The molecule has 0 aromatic carbocycles. The minimum absolute atomic E-state index is 0.00727. The summed E-state index contributed by atoms with van der Waals surface area (Å²) < 4.78 is 0. The van der Waals surface area contributed by atoms with Crippen LogP contribution in [0.3, 0.4) is 0 Å². The molecular formula is C26H32ClN7O3S. The molecule has 2 aromatic heterocycles. The molecule has 3 heterocycles. The predicted octanol–water partition coefficient (Wildman–Crippen LogP) is 2.03. The summed E-state index contributed by atoms with van der Waals surface area (Å²) >= 11 is 11.2. The van der Waals surface area contributed by atoms with Crippen LogP contribution in [0.5, 0.6) is 0 Å². The summed E-state index contributed by atoms with van der Waals surface area (Å²) in [7, 11) is 5.50. The first-order chi connectivity index (χ1) is 18.1.